The van der Waals surface area contributed by atoms with Gasteiger partial charge in [0.15, 0.2) is 0 Å². The van der Waals surface area contributed by atoms with E-state index in [1.54, 1.807) is 30.5 Å². The number of benzene rings is 2. The molecule has 0 radical (unpaired) electrons. The Bertz CT molecular complexity index is 1660. The molecular formula is C29H26ClN5O3. The summed E-state index contributed by atoms with van der Waals surface area (Å²) in [5, 5.41) is 10.1. The molecule has 0 N–H and O–H groups in total. The van der Waals surface area contributed by atoms with Gasteiger partial charge in [0.05, 0.1) is 30.1 Å². The number of nitriles is 1. The van der Waals surface area contributed by atoms with Gasteiger partial charge in [-0.15, -0.1) is 0 Å². The van der Waals surface area contributed by atoms with Crippen molar-refractivity contribution in [1.29, 1.82) is 5.26 Å². The molecule has 0 saturated heterocycles. The predicted molar refractivity (Wildman–Crippen MR) is 147 cm³/mol. The van der Waals surface area contributed by atoms with Gasteiger partial charge in [-0.05, 0) is 59.9 Å². The summed E-state index contributed by atoms with van der Waals surface area (Å²) in [7, 11) is 0. The van der Waals surface area contributed by atoms with Gasteiger partial charge in [-0.25, -0.2) is 9.36 Å². The Morgan fingerprint density at radius 3 is 2.47 bits per heavy atom. The number of fused-ring (bicyclic) bond motifs is 1. The molecule has 4 aromatic rings. The van der Waals surface area contributed by atoms with Crippen LogP contribution in [0.4, 0.5) is 5.82 Å². The number of hydrogen-bond donors (Lipinski definition) is 0. The van der Waals surface area contributed by atoms with Gasteiger partial charge >= 0.3 is 5.69 Å². The maximum absolute atomic E-state index is 14.3. The molecule has 0 aliphatic carbocycles. The average molecular weight is 528 g/mol. The first-order chi connectivity index (χ1) is 18.4. The monoisotopic (exact) mass is 527 g/mol. The van der Waals surface area contributed by atoms with Crippen LogP contribution in [0.25, 0.3) is 16.8 Å². The summed E-state index contributed by atoms with van der Waals surface area (Å²) in [6, 6.07) is 16.9. The largest absolute Gasteiger partial charge is 0.494 e. The van der Waals surface area contributed by atoms with Gasteiger partial charge in [0.2, 0.25) is 0 Å². The molecule has 0 fully saturated rings. The lowest BCUT2D eigenvalue weighted by molar-refractivity contribution is 0.317. The minimum Gasteiger partial charge on any atom is -0.494 e. The van der Waals surface area contributed by atoms with Gasteiger partial charge in [-0.3, -0.25) is 14.3 Å². The van der Waals surface area contributed by atoms with Crippen molar-refractivity contribution < 1.29 is 4.74 Å². The van der Waals surface area contributed by atoms with Crippen molar-refractivity contribution in [1.82, 2.24) is 14.1 Å². The molecule has 0 amide bonds. The second-order valence-electron chi connectivity index (χ2n) is 9.24. The van der Waals surface area contributed by atoms with E-state index in [0.29, 0.717) is 47.5 Å². The highest BCUT2D eigenvalue weighted by atomic mass is 35.5. The van der Waals surface area contributed by atoms with Crippen molar-refractivity contribution in [2.45, 2.75) is 39.9 Å². The molecule has 9 heteroatoms. The molecule has 5 rings (SSSR count). The van der Waals surface area contributed by atoms with Crippen LogP contribution in [-0.2, 0) is 19.6 Å². The molecule has 0 bridgehead atoms. The Kier molecular flexibility index (Phi) is 7.03. The van der Waals surface area contributed by atoms with Crippen molar-refractivity contribution in [3.63, 3.8) is 0 Å². The van der Waals surface area contributed by atoms with E-state index in [-0.39, 0.29) is 12.1 Å². The molecule has 0 unspecified atom stereocenters. The van der Waals surface area contributed by atoms with Crippen LogP contribution < -0.4 is 20.9 Å². The lowest BCUT2D eigenvalue weighted by Gasteiger charge is -2.26. The third kappa shape index (κ3) is 4.69. The summed E-state index contributed by atoms with van der Waals surface area (Å²) in [4.78, 5) is 34.3. The van der Waals surface area contributed by atoms with Gasteiger partial charge in [0.1, 0.15) is 18.1 Å². The average Bonchev–Trinajstić information content (AvgIpc) is 3.32. The van der Waals surface area contributed by atoms with Gasteiger partial charge in [0.25, 0.3) is 5.56 Å². The Hall–Kier alpha value is -4.35. The smallest absolute Gasteiger partial charge is 0.338 e. The van der Waals surface area contributed by atoms with E-state index in [0.717, 1.165) is 27.7 Å². The predicted octanol–water partition coefficient (Wildman–Crippen LogP) is 4.86. The Balaban J connectivity index is 1.84. The second kappa shape index (κ2) is 10.6. The molecule has 1 aliphatic rings. The number of halogens is 1. The summed E-state index contributed by atoms with van der Waals surface area (Å²) in [6.07, 6.45) is 3.92. The van der Waals surface area contributed by atoms with E-state index >= 15 is 0 Å². The van der Waals surface area contributed by atoms with Crippen LogP contribution in [0.1, 0.15) is 30.0 Å². The molecule has 2 aromatic heterocycles. The minimum absolute atomic E-state index is 0.243. The van der Waals surface area contributed by atoms with Crippen molar-refractivity contribution in [3.8, 4) is 28.6 Å². The fourth-order valence-electron chi connectivity index (χ4n) is 4.82. The number of nitrogens with zero attached hydrogens (tertiary/aromatic N) is 5. The summed E-state index contributed by atoms with van der Waals surface area (Å²) >= 11 is 6.49. The quantitative estimate of drug-likeness (QED) is 0.341. The Labute approximate surface area is 224 Å². The van der Waals surface area contributed by atoms with Crippen LogP contribution in [0.2, 0.25) is 5.02 Å². The minimum atomic E-state index is -0.608. The molecular weight excluding hydrogens is 502 g/mol. The molecule has 38 heavy (non-hydrogen) atoms. The van der Waals surface area contributed by atoms with Crippen molar-refractivity contribution >= 4 is 17.4 Å². The van der Waals surface area contributed by atoms with Gasteiger partial charge in [-0.2, -0.15) is 5.26 Å². The van der Waals surface area contributed by atoms with Crippen molar-refractivity contribution in [2.24, 2.45) is 0 Å². The molecule has 0 saturated carbocycles. The highest BCUT2D eigenvalue weighted by Crippen LogP contribution is 2.36. The number of aryl methyl sites for hydroxylation is 1. The summed E-state index contributed by atoms with van der Waals surface area (Å²) in [6.45, 7) is 5.06. The van der Waals surface area contributed by atoms with Gasteiger partial charge in [0, 0.05) is 24.3 Å². The highest BCUT2D eigenvalue weighted by molar-refractivity contribution is 6.31. The van der Waals surface area contributed by atoms with E-state index in [9.17, 15) is 14.9 Å². The third-order valence-corrected chi connectivity index (χ3v) is 6.66. The molecule has 192 valence electrons. The van der Waals surface area contributed by atoms with Crippen molar-refractivity contribution in [3.05, 3.63) is 103 Å². The number of rotatable bonds is 7. The topological polar surface area (TPSA) is 93.2 Å². The maximum atomic E-state index is 14.3. The zero-order valence-corrected chi connectivity index (χ0v) is 21.9. The van der Waals surface area contributed by atoms with E-state index in [2.05, 4.69) is 11.1 Å². The highest BCUT2D eigenvalue weighted by Gasteiger charge is 2.29. The fourth-order valence-corrected chi connectivity index (χ4v) is 5.04. The SMILES string of the molecule is CCCOc1cc(Cl)cc(-c2c(N3Cc4ccccc4C3)n(CC#N)c(=O)n(-c3cncc(C)c3)c2=O)c1. The fraction of sp³-hybridized carbons (Fsp3) is 0.241. The number of pyridine rings is 1. The van der Waals surface area contributed by atoms with Crippen LogP contribution in [0, 0.1) is 18.3 Å². The summed E-state index contributed by atoms with van der Waals surface area (Å²) in [5.74, 6) is 0.893. The second-order valence-corrected chi connectivity index (χ2v) is 9.67. The van der Waals surface area contributed by atoms with E-state index in [4.69, 9.17) is 16.3 Å². The Morgan fingerprint density at radius 1 is 1.08 bits per heavy atom. The molecule has 8 nitrogen and oxygen atoms in total. The number of anilines is 1. The zero-order valence-electron chi connectivity index (χ0n) is 21.1. The normalized spacial score (nSPS) is 12.3. The molecule has 0 spiro atoms. The summed E-state index contributed by atoms with van der Waals surface area (Å²) < 4.78 is 8.28. The number of ether oxygens (including phenoxy) is 1. The molecule has 2 aromatic carbocycles. The van der Waals surface area contributed by atoms with Crippen molar-refractivity contribution in [2.75, 3.05) is 11.5 Å². The Morgan fingerprint density at radius 2 is 1.82 bits per heavy atom. The van der Waals surface area contributed by atoms with Crippen LogP contribution in [0.15, 0.2) is 70.5 Å². The molecule has 1 aliphatic heterocycles. The van der Waals surface area contributed by atoms with E-state index in [1.807, 2.05) is 43.0 Å². The molecule has 0 atom stereocenters. The first-order valence-electron chi connectivity index (χ1n) is 12.4. The summed E-state index contributed by atoms with van der Waals surface area (Å²) in [5.41, 5.74) is 2.94. The van der Waals surface area contributed by atoms with Crippen LogP contribution in [0.3, 0.4) is 0 Å². The van der Waals surface area contributed by atoms with E-state index < -0.39 is 11.2 Å². The van der Waals surface area contributed by atoms with Crippen LogP contribution in [0.5, 0.6) is 5.75 Å². The third-order valence-electron chi connectivity index (χ3n) is 6.44. The first-order valence-corrected chi connectivity index (χ1v) is 12.7. The van der Waals surface area contributed by atoms with Gasteiger partial charge < -0.3 is 9.64 Å². The van der Waals surface area contributed by atoms with Crippen LogP contribution >= 0.6 is 11.6 Å². The maximum Gasteiger partial charge on any atom is 0.338 e. The van der Waals surface area contributed by atoms with E-state index in [1.165, 1.54) is 10.8 Å². The number of aromatic nitrogens is 3. The van der Waals surface area contributed by atoms with Gasteiger partial charge in [-0.1, -0.05) is 42.8 Å². The lowest BCUT2D eigenvalue weighted by atomic mass is 10.1. The number of hydrogen-bond acceptors (Lipinski definition) is 6. The standard InChI is InChI=1S/C29H26ClN5O3/c1-3-10-38-25-13-22(12-23(30)14-25)26-27(33-17-20-6-4-5-7-21(20)18-33)34(9-8-31)29(37)35(28(26)36)24-11-19(2)15-32-16-24/h4-7,11-16H,3,9-10,17-18H2,1-2H3. The molecule has 3 heterocycles. The lowest BCUT2D eigenvalue weighted by Crippen LogP contribution is -2.42. The zero-order chi connectivity index (χ0) is 26.8. The first kappa shape index (κ1) is 25.3. The van der Waals surface area contributed by atoms with Crippen LogP contribution in [-0.4, -0.2) is 20.7 Å².